The van der Waals surface area contributed by atoms with E-state index in [-0.39, 0.29) is 5.56 Å². The zero-order chi connectivity index (χ0) is 25.2. The minimum absolute atomic E-state index is 0.199. The molecule has 0 aliphatic heterocycles. The molecule has 0 bridgehead atoms. The van der Waals surface area contributed by atoms with E-state index in [1.807, 2.05) is 23.6 Å². The number of benzene rings is 2. The molecule has 36 heavy (non-hydrogen) atoms. The Morgan fingerprint density at radius 2 is 1.92 bits per heavy atom. The van der Waals surface area contributed by atoms with E-state index in [4.69, 9.17) is 4.74 Å². The number of ether oxygens (including phenoxy) is 1. The lowest BCUT2D eigenvalue weighted by Crippen LogP contribution is -2.08. The first-order valence-corrected chi connectivity index (χ1v) is 11.9. The van der Waals surface area contributed by atoms with Crippen molar-refractivity contribution in [2.24, 2.45) is 0 Å². The number of aryl methyl sites for hydroxylation is 1. The second kappa shape index (κ2) is 9.65. The molecule has 3 aromatic heterocycles. The number of imidazole rings is 1. The lowest BCUT2D eigenvalue weighted by molar-refractivity contribution is 0.0698. The van der Waals surface area contributed by atoms with Crippen LogP contribution in [-0.2, 0) is 13.1 Å². The largest absolute Gasteiger partial charge is 0.478 e. The van der Waals surface area contributed by atoms with Gasteiger partial charge in [0.15, 0.2) is 5.82 Å². The highest BCUT2D eigenvalue weighted by Crippen LogP contribution is 2.34. The topological polar surface area (TPSA) is 124 Å². The number of tetrazole rings is 1. The zero-order valence-corrected chi connectivity index (χ0v) is 20.4. The van der Waals surface area contributed by atoms with Gasteiger partial charge in [-0.15, -0.1) is 5.10 Å². The van der Waals surface area contributed by atoms with E-state index in [0.717, 1.165) is 41.0 Å². The van der Waals surface area contributed by atoms with Crippen LogP contribution in [0.1, 0.15) is 41.9 Å². The number of carboxylic acid groups (broad SMARTS) is 1. The molecule has 0 unspecified atom stereocenters. The van der Waals surface area contributed by atoms with Crippen LogP contribution in [0.15, 0.2) is 48.5 Å². The van der Waals surface area contributed by atoms with Crippen molar-refractivity contribution in [1.82, 2.24) is 34.7 Å². The third kappa shape index (κ3) is 4.10. The van der Waals surface area contributed by atoms with Crippen molar-refractivity contribution in [1.29, 1.82) is 0 Å². The number of nitrogens with zero attached hydrogens (tertiary/aromatic N) is 6. The molecule has 184 valence electrons. The van der Waals surface area contributed by atoms with Crippen LogP contribution in [0.5, 0.6) is 6.01 Å². The van der Waals surface area contributed by atoms with Crippen LogP contribution >= 0.6 is 0 Å². The molecule has 2 aromatic carbocycles. The van der Waals surface area contributed by atoms with E-state index >= 15 is 0 Å². The number of nitrogens with one attached hydrogen (secondary N) is 1. The minimum Gasteiger partial charge on any atom is -0.478 e. The molecule has 0 atom stereocenters. The molecule has 5 aromatic rings. The fourth-order valence-electron chi connectivity index (χ4n) is 4.59. The second-order valence-corrected chi connectivity index (χ2v) is 8.55. The third-order valence-electron chi connectivity index (χ3n) is 6.19. The van der Waals surface area contributed by atoms with Gasteiger partial charge in [-0.1, -0.05) is 37.3 Å². The normalized spacial score (nSPS) is 11.3. The van der Waals surface area contributed by atoms with E-state index < -0.39 is 5.97 Å². The van der Waals surface area contributed by atoms with Gasteiger partial charge in [0, 0.05) is 17.8 Å². The van der Waals surface area contributed by atoms with Crippen molar-refractivity contribution in [3.8, 4) is 28.7 Å². The number of fused-ring (bicyclic) bond motifs is 1. The summed E-state index contributed by atoms with van der Waals surface area (Å²) in [7, 11) is 0. The average molecular weight is 486 g/mol. The molecular weight excluding hydrogens is 458 g/mol. The molecule has 2 N–H and O–H groups in total. The maximum atomic E-state index is 11.9. The van der Waals surface area contributed by atoms with E-state index in [2.05, 4.69) is 62.2 Å². The number of carbonyl (C=O) groups is 1. The summed E-state index contributed by atoms with van der Waals surface area (Å²) in [6, 6.07) is 15.8. The Balaban J connectivity index is 1.55. The third-order valence-corrected chi connectivity index (χ3v) is 6.19. The standard InChI is InChI=1S/C26H27N7O3/c1-4-13-36-26-27-21-8-6-7-19(25(34)35)23(21)33(26)15-17-9-11-18(12-10-17)22-20(24-28-30-31-29-24)14-16(3)32(22)5-2/h6-12,14H,4-5,13,15H2,1-3H3,(H,34,35)(H,28,29,30,31). The van der Waals surface area contributed by atoms with Crippen molar-refractivity contribution in [3.05, 3.63) is 65.4 Å². The Labute approximate surface area is 207 Å². The summed E-state index contributed by atoms with van der Waals surface area (Å²) in [5.74, 6) is -0.377. The summed E-state index contributed by atoms with van der Waals surface area (Å²) in [5.41, 5.74) is 6.46. The SMILES string of the molecule is CCCOc1nc2cccc(C(=O)O)c2n1Cc1ccc(-c2c(-c3nnn[nH]3)cc(C)n2CC)cc1. The minimum atomic E-state index is -0.996. The van der Waals surface area contributed by atoms with Crippen molar-refractivity contribution >= 4 is 17.0 Å². The van der Waals surface area contributed by atoms with Gasteiger partial charge in [-0.05, 0) is 60.0 Å². The molecule has 0 saturated carbocycles. The van der Waals surface area contributed by atoms with Crippen LogP contribution in [0, 0.1) is 6.92 Å². The van der Waals surface area contributed by atoms with Crippen LogP contribution in [0.2, 0.25) is 0 Å². The van der Waals surface area contributed by atoms with E-state index in [1.54, 1.807) is 18.2 Å². The number of aromatic amines is 1. The van der Waals surface area contributed by atoms with Crippen LogP contribution in [-0.4, -0.2) is 52.4 Å². The first kappa shape index (κ1) is 23.3. The van der Waals surface area contributed by atoms with Gasteiger partial charge >= 0.3 is 5.97 Å². The zero-order valence-electron chi connectivity index (χ0n) is 20.4. The number of hydrogen-bond donors (Lipinski definition) is 2. The number of para-hydroxylation sites is 1. The molecule has 0 amide bonds. The fourth-order valence-corrected chi connectivity index (χ4v) is 4.59. The van der Waals surface area contributed by atoms with Crippen molar-refractivity contribution < 1.29 is 14.6 Å². The van der Waals surface area contributed by atoms with Gasteiger partial charge in [0.2, 0.25) is 0 Å². The highest BCUT2D eigenvalue weighted by atomic mass is 16.5. The fraction of sp³-hybridized carbons (Fsp3) is 0.269. The predicted molar refractivity (Wildman–Crippen MR) is 135 cm³/mol. The van der Waals surface area contributed by atoms with Gasteiger partial charge < -0.3 is 14.4 Å². The van der Waals surface area contributed by atoms with Gasteiger partial charge in [-0.3, -0.25) is 4.57 Å². The number of H-pyrrole nitrogens is 1. The van der Waals surface area contributed by atoms with Gasteiger partial charge in [-0.2, -0.15) is 4.98 Å². The van der Waals surface area contributed by atoms with Crippen molar-refractivity contribution in [3.63, 3.8) is 0 Å². The van der Waals surface area contributed by atoms with E-state index in [9.17, 15) is 9.90 Å². The molecule has 0 saturated heterocycles. The summed E-state index contributed by atoms with van der Waals surface area (Å²) in [6.45, 7) is 7.92. The monoisotopic (exact) mass is 485 g/mol. The Kier molecular flexibility index (Phi) is 6.24. The smallest absolute Gasteiger partial charge is 0.337 e. The summed E-state index contributed by atoms with van der Waals surface area (Å²) in [5, 5.41) is 24.2. The van der Waals surface area contributed by atoms with Crippen LogP contribution in [0.4, 0.5) is 0 Å². The average Bonchev–Trinajstić information content (AvgIpc) is 3.61. The summed E-state index contributed by atoms with van der Waals surface area (Å²) >= 11 is 0. The first-order valence-electron chi connectivity index (χ1n) is 11.9. The van der Waals surface area contributed by atoms with Gasteiger partial charge in [0.25, 0.3) is 6.01 Å². The number of aromatic carboxylic acids is 1. The highest BCUT2D eigenvalue weighted by Gasteiger charge is 2.20. The molecule has 0 aliphatic carbocycles. The van der Waals surface area contributed by atoms with Gasteiger partial charge in [-0.25, -0.2) is 9.89 Å². The highest BCUT2D eigenvalue weighted by molar-refractivity contribution is 6.01. The second-order valence-electron chi connectivity index (χ2n) is 8.55. The summed E-state index contributed by atoms with van der Waals surface area (Å²) in [6.07, 6.45) is 0.823. The van der Waals surface area contributed by atoms with Crippen LogP contribution in [0.3, 0.4) is 0 Å². The molecule has 5 rings (SSSR count). The Bertz CT molecular complexity index is 1520. The molecule has 0 fully saturated rings. The van der Waals surface area contributed by atoms with Crippen LogP contribution < -0.4 is 4.74 Å². The van der Waals surface area contributed by atoms with Crippen LogP contribution in [0.25, 0.3) is 33.7 Å². The number of aromatic nitrogens is 7. The molecular formula is C26H27N7O3. The van der Waals surface area contributed by atoms with Crippen molar-refractivity contribution in [2.45, 2.75) is 40.3 Å². The van der Waals surface area contributed by atoms with Crippen molar-refractivity contribution in [2.75, 3.05) is 6.61 Å². The van der Waals surface area contributed by atoms with Gasteiger partial charge in [0.05, 0.1) is 35.4 Å². The number of hydrogen-bond acceptors (Lipinski definition) is 6. The molecule has 0 radical (unpaired) electrons. The molecule has 3 heterocycles. The Morgan fingerprint density at radius 3 is 2.58 bits per heavy atom. The lowest BCUT2D eigenvalue weighted by atomic mass is 10.0. The number of rotatable bonds is 9. The first-order chi connectivity index (χ1) is 17.5. The number of carboxylic acids is 1. The Hall–Kier alpha value is -4.47. The predicted octanol–water partition coefficient (Wildman–Crippen LogP) is 4.55. The maximum Gasteiger partial charge on any atom is 0.337 e. The molecule has 10 heteroatoms. The summed E-state index contributed by atoms with van der Waals surface area (Å²) < 4.78 is 9.96. The molecule has 0 aliphatic rings. The van der Waals surface area contributed by atoms with E-state index in [1.165, 1.54) is 0 Å². The van der Waals surface area contributed by atoms with E-state index in [0.29, 0.717) is 36.0 Å². The van der Waals surface area contributed by atoms with Gasteiger partial charge in [0.1, 0.15) is 0 Å². The quantitative estimate of drug-likeness (QED) is 0.314. The summed E-state index contributed by atoms with van der Waals surface area (Å²) in [4.78, 5) is 16.5. The lowest BCUT2D eigenvalue weighted by Gasteiger charge is -2.13. The molecule has 10 nitrogen and oxygen atoms in total. The maximum absolute atomic E-state index is 11.9. The molecule has 0 spiro atoms. The Morgan fingerprint density at radius 1 is 1.11 bits per heavy atom.